The average Bonchev–Trinajstić information content (AvgIpc) is 2.97. The third-order valence-electron chi connectivity index (χ3n) is 2.58. The highest BCUT2D eigenvalue weighted by Gasteiger charge is 2.11. The summed E-state index contributed by atoms with van der Waals surface area (Å²) in [7, 11) is 3.74. The Kier molecular flexibility index (Phi) is 5.11. The standard InChI is InChI=1S/C13H19N5OS/c1-4-7-19-13-16-11(14-2)15-12(17-13)18(3)9-10-6-5-8-20-10/h5-6,8H,4,7,9H2,1-3H3,(H,14,15,16,17). The molecule has 2 aromatic rings. The van der Waals surface area contributed by atoms with E-state index in [1.807, 2.05) is 24.9 Å². The van der Waals surface area contributed by atoms with E-state index in [4.69, 9.17) is 4.74 Å². The fraction of sp³-hybridized carbons (Fsp3) is 0.462. The van der Waals surface area contributed by atoms with Gasteiger partial charge in [-0.1, -0.05) is 13.0 Å². The summed E-state index contributed by atoms with van der Waals surface area (Å²) in [6, 6.07) is 4.49. The molecule has 0 unspecified atom stereocenters. The van der Waals surface area contributed by atoms with Gasteiger partial charge in [-0.3, -0.25) is 0 Å². The molecule has 0 aliphatic rings. The second-order valence-corrected chi connectivity index (χ2v) is 5.31. The molecule has 7 heteroatoms. The maximum absolute atomic E-state index is 5.50. The molecule has 0 spiro atoms. The van der Waals surface area contributed by atoms with Crippen LogP contribution in [0, 0.1) is 0 Å². The van der Waals surface area contributed by atoms with E-state index in [0.29, 0.717) is 24.5 Å². The van der Waals surface area contributed by atoms with Crippen LogP contribution in [0.3, 0.4) is 0 Å². The topological polar surface area (TPSA) is 63.2 Å². The molecule has 2 rings (SSSR count). The number of aromatic nitrogens is 3. The molecule has 0 saturated heterocycles. The lowest BCUT2D eigenvalue weighted by Gasteiger charge is -2.17. The number of nitrogens with zero attached hydrogens (tertiary/aromatic N) is 4. The van der Waals surface area contributed by atoms with Gasteiger partial charge in [0.05, 0.1) is 13.2 Å². The summed E-state index contributed by atoms with van der Waals surface area (Å²) < 4.78 is 5.50. The van der Waals surface area contributed by atoms with Crippen molar-refractivity contribution in [3.05, 3.63) is 22.4 Å². The number of hydrogen-bond donors (Lipinski definition) is 1. The molecule has 2 aromatic heterocycles. The highest BCUT2D eigenvalue weighted by Crippen LogP contribution is 2.18. The predicted octanol–water partition coefficient (Wildman–Crippen LogP) is 2.40. The van der Waals surface area contributed by atoms with Gasteiger partial charge in [0.25, 0.3) is 0 Å². The summed E-state index contributed by atoms with van der Waals surface area (Å²) in [5, 5.41) is 4.99. The quantitative estimate of drug-likeness (QED) is 0.845. The van der Waals surface area contributed by atoms with Crippen LogP contribution in [-0.4, -0.2) is 35.7 Å². The van der Waals surface area contributed by atoms with Crippen molar-refractivity contribution in [3.63, 3.8) is 0 Å². The number of anilines is 2. The Bertz CT molecular complexity index is 532. The van der Waals surface area contributed by atoms with E-state index in [-0.39, 0.29) is 0 Å². The van der Waals surface area contributed by atoms with Gasteiger partial charge in [-0.25, -0.2) is 0 Å². The summed E-state index contributed by atoms with van der Waals surface area (Å²) in [5.74, 6) is 1.11. The summed E-state index contributed by atoms with van der Waals surface area (Å²) in [6.45, 7) is 3.41. The predicted molar refractivity (Wildman–Crippen MR) is 81.6 cm³/mol. The molecule has 108 valence electrons. The molecule has 0 atom stereocenters. The van der Waals surface area contributed by atoms with Crippen LogP contribution in [0.4, 0.5) is 11.9 Å². The minimum atomic E-state index is 0.360. The molecule has 0 saturated carbocycles. The maximum Gasteiger partial charge on any atom is 0.323 e. The summed E-state index contributed by atoms with van der Waals surface area (Å²) in [6.07, 6.45) is 0.918. The van der Waals surface area contributed by atoms with Crippen LogP contribution in [0.1, 0.15) is 18.2 Å². The van der Waals surface area contributed by atoms with Crippen LogP contribution in [0.5, 0.6) is 6.01 Å². The number of ether oxygens (including phenoxy) is 1. The Morgan fingerprint density at radius 1 is 1.35 bits per heavy atom. The van der Waals surface area contributed by atoms with Gasteiger partial charge < -0.3 is 15.0 Å². The van der Waals surface area contributed by atoms with Gasteiger partial charge in [-0.2, -0.15) is 15.0 Å². The summed E-state index contributed by atoms with van der Waals surface area (Å²) in [5.41, 5.74) is 0. The molecule has 6 nitrogen and oxygen atoms in total. The van der Waals surface area contributed by atoms with Crippen LogP contribution in [-0.2, 0) is 6.54 Å². The molecular weight excluding hydrogens is 274 g/mol. The fourth-order valence-electron chi connectivity index (χ4n) is 1.59. The van der Waals surface area contributed by atoms with E-state index >= 15 is 0 Å². The molecule has 2 heterocycles. The molecule has 20 heavy (non-hydrogen) atoms. The first kappa shape index (κ1) is 14.5. The zero-order chi connectivity index (χ0) is 14.4. The lowest BCUT2D eigenvalue weighted by atomic mass is 10.4. The number of rotatable bonds is 7. The van der Waals surface area contributed by atoms with Gasteiger partial charge in [0, 0.05) is 19.0 Å². The average molecular weight is 293 g/mol. The lowest BCUT2D eigenvalue weighted by molar-refractivity contribution is 0.292. The first-order valence-corrected chi connectivity index (χ1v) is 7.41. The van der Waals surface area contributed by atoms with Crippen molar-refractivity contribution in [3.8, 4) is 6.01 Å². The molecule has 0 aromatic carbocycles. The van der Waals surface area contributed by atoms with Crippen LogP contribution in [0.25, 0.3) is 0 Å². The van der Waals surface area contributed by atoms with Crippen molar-refractivity contribution in [2.45, 2.75) is 19.9 Å². The maximum atomic E-state index is 5.50. The van der Waals surface area contributed by atoms with E-state index in [9.17, 15) is 0 Å². The zero-order valence-corrected chi connectivity index (χ0v) is 12.8. The van der Waals surface area contributed by atoms with Crippen LogP contribution in [0.2, 0.25) is 0 Å². The Balaban J connectivity index is 2.16. The van der Waals surface area contributed by atoms with E-state index in [0.717, 1.165) is 13.0 Å². The van der Waals surface area contributed by atoms with Crippen LogP contribution >= 0.6 is 11.3 Å². The van der Waals surface area contributed by atoms with Gasteiger partial charge in [0.1, 0.15) is 0 Å². The van der Waals surface area contributed by atoms with Crippen molar-refractivity contribution in [1.82, 2.24) is 15.0 Å². The van der Waals surface area contributed by atoms with Crippen molar-refractivity contribution in [1.29, 1.82) is 0 Å². The fourth-order valence-corrected chi connectivity index (χ4v) is 2.35. The number of thiophene rings is 1. The van der Waals surface area contributed by atoms with E-state index < -0.39 is 0 Å². The van der Waals surface area contributed by atoms with Crippen molar-refractivity contribution in [2.24, 2.45) is 0 Å². The Hall–Kier alpha value is -1.89. The Morgan fingerprint density at radius 3 is 2.85 bits per heavy atom. The minimum Gasteiger partial charge on any atom is -0.463 e. The third kappa shape index (κ3) is 3.80. The molecule has 1 N–H and O–H groups in total. The monoisotopic (exact) mass is 293 g/mol. The summed E-state index contributed by atoms with van der Waals surface area (Å²) >= 11 is 1.71. The molecular formula is C13H19N5OS. The SMILES string of the molecule is CCCOc1nc(NC)nc(N(C)Cc2cccs2)n1. The van der Waals surface area contributed by atoms with E-state index in [2.05, 4.69) is 31.7 Å². The highest BCUT2D eigenvalue weighted by molar-refractivity contribution is 7.09. The molecule has 0 bridgehead atoms. The second kappa shape index (κ2) is 7.04. The first-order valence-electron chi connectivity index (χ1n) is 6.53. The molecule has 0 fully saturated rings. The largest absolute Gasteiger partial charge is 0.463 e. The van der Waals surface area contributed by atoms with Gasteiger partial charge in [0.2, 0.25) is 11.9 Å². The van der Waals surface area contributed by atoms with Gasteiger partial charge in [0.15, 0.2) is 0 Å². The van der Waals surface area contributed by atoms with Gasteiger partial charge in [-0.05, 0) is 17.9 Å². The van der Waals surface area contributed by atoms with Crippen LogP contribution in [0.15, 0.2) is 17.5 Å². The number of hydrogen-bond acceptors (Lipinski definition) is 7. The van der Waals surface area contributed by atoms with E-state index in [1.165, 1.54) is 4.88 Å². The molecule has 0 radical (unpaired) electrons. The normalized spacial score (nSPS) is 10.3. The van der Waals surface area contributed by atoms with Crippen LogP contribution < -0.4 is 15.0 Å². The molecule has 0 amide bonds. The number of nitrogens with one attached hydrogen (secondary N) is 1. The van der Waals surface area contributed by atoms with Crippen molar-refractivity contribution in [2.75, 3.05) is 30.9 Å². The Labute approximate surface area is 122 Å². The Morgan fingerprint density at radius 2 is 2.20 bits per heavy atom. The zero-order valence-electron chi connectivity index (χ0n) is 12.0. The third-order valence-corrected chi connectivity index (χ3v) is 3.44. The lowest BCUT2D eigenvalue weighted by Crippen LogP contribution is -2.20. The van der Waals surface area contributed by atoms with E-state index in [1.54, 1.807) is 18.4 Å². The van der Waals surface area contributed by atoms with Crippen molar-refractivity contribution >= 4 is 23.2 Å². The molecule has 0 aliphatic carbocycles. The first-order chi connectivity index (χ1) is 9.72. The molecule has 0 aliphatic heterocycles. The van der Waals surface area contributed by atoms with Crippen molar-refractivity contribution < 1.29 is 4.74 Å². The summed E-state index contributed by atoms with van der Waals surface area (Å²) in [4.78, 5) is 16.1. The minimum absolute atomic E-state index is 0.360. The van der Waals surface area contributed by atoms with Gasteiger partial charge in [-0.15, -0.1) is 11.3 Å². The second-order valence-electron chi connectivity index (χ2n) is 4.28. The van der Waals surface area contributed by atoms with Gasteiger partial charge >= 0.3 is 6.01 Å². The smallest absolute Gasteiger partial charge is 0.323 e. The highest BCUT2D eigenvalue weighted by atomic mass is 32.1.